The Labute approximate surface area is 102 Å². The average molecular weight is 235 g/mol. The van der Waals surface area contributed by atoms with Crippen LogP contribution in [0.2, 0.25) is 0 Å². The zero-order chi connectivity index (χ0) is 12.1. The largest absolute Gasteiger partial charge is 0.311 e. The summed E-state index contributed by atoms with van der Waals surface area (Å²) in [4.78, 5) is 11.8. The highest BCUT2D eigenvalue weighted by molar-refractivity contribution is 5.90. The normalized spacial score (nSPS) is 16.3. The van der Waals surface area contributed by atoms with E-state index in [0.29, 0.717) is 6.42 Å². The number of aromatic nitrogens is 2. The summed E-state index contributed by atoms with van der Waals surface area (Å²) in [7, 11) is 0. The third-order valence-electron chi connectivity index (χ3n) is 3.62. The summed E-state index contributed by atoms with van der Waals surface area (Å²) in [5.41, 5.74) is 1.07. The molecule has 1 aliphatic rings. The summed E-state index contributed by atoms with van der Waals surface area (Å²) >= 11 is 0. The van der Waals surface area contributed by atoms with Crippen LogP contribution < -0.4 is 5.32 Å². The van der Waals surface area contributed by atoms with Crippen molar-refractivity contribution in [3.8, 4) is 0 Å². The highest BCUT2D eigenvalue weighted by atomic mass is 16.1. The fraction of sp³-hybridized carbons (Fsp3) is 0.692. The number of nitrogens with one attached hydrogen (secondary N) is 2. The van der Waals surface area contributed by atoms with Gasteiger partial charge in [0.1, 0.15) is 5.82 Å². The second kappa shape index (κ2) is 5.84. The summed E-state index contributed by atoms with van der Waals surface area (Å²) in [6, 6.07) is 0. The van der Waals surface area contributed by atoms with E-state index in [2.05, 4.69) is 22.4 Å². The van der Waals surface area contributed by atoms with Gasteiger partial charge in [0.15, 0.2) is 0 Å². The molecule has 4 nitrogen and oxygen atoms in total. The van der Waals surface area contributed by atoms with Gasteiger partial charge < -0.3 is 5.32 Å². The van der Waals surface area contributed by atoms with E-state index in [-0.39, 0.29) is 5.91 Å². The molecule has 0 aliphatic heterocycles. The molecule has 4 heteroatoms. The lowest BCUT2D eigenvalue weighted by molar-refractivity contribution is -0.116. The minimum absolute atomic E-state index is 0.107. The quantitative estimate of drug-likeness (QED) is 0.824. The summed E-state index contributed by atoms with van der Waals surface area (Å²) < 4.78 is 0. The fourth-order valence-corrected chi connectivity index (χ4v) is 2.52. The van der Waals surface area contributed by atoms with Crippen LogP contribution in [0.3, 0.4) is 0 Å². The Kier molecular flexibility index (Phi) is 4.18. The number of nitrogens with zero attached hydrogens (tertiary/aromatic N) is 1. The third-order valence-corrected chi connectivity index (χ3v) is 3.62. The van der Waals surface area contributed by atoms with Gasteiger partial charge in [0, 0.05) is 12.0 Å². The van der Waals surface area contributed by atoms with Gasteiger partial charge in [0.25, 0.3) is 0 Å². The number of H-pyrrole nitrogens is 1. The third kappa shape index (κ3) is 3.32. The molecule has 1 aromatic rings. The molecule has 2 N–H and O–H groups in total. The van der Waals surface area contributed by atoms with Crippen LogP contribution in [-0.2, 0) is 11.2 Å². The van der Waals surface area contributed by atoms with E-state index in [1.165, 1.54) is 25.7 Å². The summed E-state index contributed by atoms with van der Waals surface area (Å²) in [5, 5.41) is 9.69. The van der Waals surface area contributed by atoms with Gasteiger partial charge in [0.2, 0.25) is 5.91 Å². The highest BCUT2D eigenvalue weighted by Gasteiger charge is 2.16. The second-order valence-corrected chi connectivity index (χ2v) is 4.86. The number of carbonyl (C=O) groups is 1. The van der Waals surface area contributed by atoms with Gasteiger partial charge in [-0.25, -0.2) is 0 Å². The Hall–Kier alpha value is -1.32. The molecule has 1 aliphatic carbocycles. The lowest BCUT2D eigenvalue weighted by atomic mass is 10.0. The molecule has 1 heterocycles. The minimum atomic E-state index is 0.107. The van der Waals surface area contributed by atoms with Gasteiger partial charge in [-0.1, -0.05) is 32.6 Å². The SMILES string of the molecule is CCc1cn[nH]c1NC(=O)CCC1CCCC1. The first kappa shape index (κ1) is 12.1. The van der Waals surface area contributed by atoms with E-state index < -0.39 is 0 Å². The van der Waals surface area contributed by atoms with E-state index in [1.54, 1.807) is 6.20 Å². The predicted molar refractivity (Wildman–Crippen MR) is 67.8 cm³/mol. The lowest BCUT2D eigenvalue weighted by Gasteiger charge is -2.08. The van der Waals surface area contributed by atoms with E-state index in [9.17, 15) is 4.79 Å². The van der Waals surface area contributed by atoms with E-state index >= 15 is 0 Å². The van der Waals surface area contributed by atoms with Gasteiger partial charge in [-0.05, 0) is 18.8 Å². The molecule has 0 aromatic carbocycles. The monoisotopic (exact) mass is 235 g/mol. The Morgan fingerprint density at radius 2 is 2.29 bits per heavy atom. The second-order valence-electron chi connectivity index (χ2n) is 4.86. The highest BCUT2D eigenvalue weighted by Crippen LogP contribution is 2.28. The number of hydrogen-bond donors (Lipinski definition) is 2. The molecule has 17 heavy (non-hydrogen) atoms. The first-order valence-corrected chi connectivity index (χ1v) is 6.61. The Bertz CT molecular complexity index is 366. The smallest absolute Gasteiger partial charge is 0.225 e. The number of carbonyl (C=O) groups excluding carboxylic acids is 1. The molecule has 2 rings (SSSR count). The number of aromatic amines is 1. The minimum Gasteiger partial charge on any atom is -0.311 e. The molecule has 1 saturated carbocycles. The van der Waals surface area contributed by atoms with Crippen LogP contribution >= 0.6 is 0 Å². The molecular weight excluding hydrogens is 214 g/mol. The van der Waals surface area contributed by atoms with Crippen molar-refractivity contribution in [3.05, 3.63) is 11.8 Å². The maximum absolute atomic E-state index is 11.8. The maximum Gasteiger partial charge on any atom is 0.225 e. The lowest BCUT2D eigenvalue weighted by Crippen LogP contribution is -2.14. The van der Waals surface area contributed by atoms with Gasteiger partial charge in [0.05, 0.1) is 6.20 Å². The van der Waals surface area contributed by atoms with Gasteiger partial charge in [-0.2, -0.15) is 5.10 Å². The predicted octanol–water partition coefficient (Wildman–Crippen LogP) is 2.88. The van der Waals surface area contributed by atoms with Crippen LogP contribution in [0.4, 0.5) is 5.82 Å². The molecule has 0 saturated heterocycles. The number of rotatable bonds is 5. The molecule has 1 fully saturated rings. The average Bonchev–Trinajstić information content (AvgIpc) is 2.97. The zero-order valence-corrected chi connectivity index (χ0v) is 10.5. The first-order valence-electron chi connectivity index (χ1n) is 6.61. The van der Waals surface area contributed by atoms with E-state index in [1.807, 2.05) is 0 Å². The van der Waals surface area contributed by atoms with Crippen molar-refractivity contribution in [2.24, 2.45) is 5.92 Å². The van der Waals surface area contributed by atoms with Crippen LogP contribution in [-0.4, -0.2) is 16.1 Å². The Morgan fingerprint density at radius 1 is 1.53 bits per heavy atom. The van der Waals surface area contributed by atoms with Crippen LogP contribution in [0.1, 0.15) is 51.0 Å². The molecule has 0 spiro atoms. The van der Waals surface area contributed by atoms with Crippen molar-refractivity contribution >= 4 is 11.7 Å². The molecule has 94 valence electrons. The molecule has 1 aromatic heterocycles. The van der Waals surface area contributed by atoms with Crippen molar-refractivity contribution in [3.63, 3.8) is 0 Å². The van der Waals surface area contributed by atoms with Crippen LogP contribution in [0.5, 0.6) is 0 Å². The fourth-order valence-electron chi connectivity index (χ4n) is 2.52. The van der Waals surface area contributed by atoms with Crippen molar-refractivity contribution in [1.29, 1.82) is 0 Å². The molecule has 1 amide bonds. The molecular formula is C13H21N3O. The van der Waals surface area contributed by atoms with Crippen molar-refractivity contribution in [1.82, 2.24) is 10.2 Å². The number of hydrogen-bond acceptors (Lipinski definition) is 2. The maximum atomic E-state index is 11.8. The number of aryl methyl sites for hydroxylation is 1. The standard InChI is InChI=1S/C13H21N3O/c1-2-11-9-14-16-13(11)15-12(17)8-7-10-5-3-4-6-10/h9-10H,2-8H2,1H3,(H2,14,15,16,17). The Balaban J connectivity index is 1.76. The van der Waals surface area contributed by atoms with Gasteiger partial charge in [-0.3, -0.25) is 9.89 Å². The molecule has 0 unspecified atom stereocenters. The van der Waals surface area contributed by atoms with Gasteiger partial charge in [-0.15, -0.1) is 0 Å². The first-order chi connectivity index (χ1) is 8.29. The van der Waals surface area contributed by atoms with E-state index in [0.717, 1.165) is 30.1 Å². The van der Waals surface area contributed by atoms with Crippen LogP contribution in [0.25, 0.3) is 0 Å². The van der Waals surface area contributed by atoms with Crippen LogP contribution in [0, 0.1) is 5.92 Å². The number of anilines is 1. The zero-order valence-electron chi connectivity index (χ0n) is 10.5. The van der Waals surface area contributed by atoms with E-state index in [4.69, 9.17) is 0 Å². The van der Waals surface area contributed by atoms with Crippen LogP contribution in [0.15, 0.2) is 6.20 Å². The van der Waals surface area contributed by atoms with Crippen molar-refractivity contribution in [2.75, 3.05) is 5.32 Å². The molecule has 0 bridgehead atoms. The Morgan fingerprint density at radius 3 is 3.00 bits per heavy atom. The van der Waals surface area contributed by atoms with Crippen molar-refractivity contribution < 1.29 is 4.79 Å². The molecule has 0 radical (unpaired) electrons. The van der Waals surface area contributed by atoms with Crippen molar-refractivity contribution in [2.45, 2.75) is 51.9 Å². The summed E-state index contributed by atoms with van der Waals surface area (Å²) in [6.45, 7) is 2.05. The number of amides is 1. The summed E-state index contributed by atoms with van der Waals surface area (Å²) in [6.07, 6.45) is 9.60. The topological polar surface area (TPSA) is 57.8 Å². The van der Waals surface area contributed by atoms with Gasteiger partial charge >= 0.3 is 0 Å². The molecule has 0 atom stereocenters. The summed E-state index contributed by atoms with van der Waals surface area (Å²) in [5.74, 6) is 1.65.